The lowest BCUT2D eigenvalue weighted by atomic mass is 9.94. The van der Waals surface area contributed by atoms with E-state index in [1.54, 1.807) is 36.1 Å². The highest BCUT2D eigenvalue weighted by molar-refractivity contribution is 6.02. The maximum Gasteiger partial charge on any atom is 0.315 e. The molecule has 0 aliphatic heterocycles. The predicted molar refractivity (Wildman–Crippen MR) is 210 cm³/mol. The number of para-hydroxylation sites is 1. The Morgan fingerprint density at radius 2 is 1.43 bits per heavy atom. The molecule has 0 spiro atoms. The number of carbonyl (C=O) groups is 3. The van der Waals surface area contributed by atoms with E-state index >= 15 is 0 Å². The molecule has 0 bridgehead atoms. The van der Waals surface area contributed by atoms with Crippen molar-refractivity contribution in [1.82, 2.24) is 15.0 Å². The molecule has 1 amide bonds. The molecule has 5 aromatic rings. The first-order valence-electron chi connectivity index (χ1n) is 19.1. The van der Waals surface area contributed by atoms with Gasteiger partial charge in [-0.25, -0.2) is 4.68 Å². The monoisotopic (exact) mass is 732 g/mol. The Kier molecular flexibility index (Phi) is 15.8. The van der Waals surface area contributed by atoms with Gasteiger partial charge in [0, 0.05) is 24.4 Å². The highest BCUT2D eigenvalue weighted by Crippen LogP contribution is 2.30. The van der Waals surface area contributed by atoms with E-state index in [4.69, 9.17) is 14.2 Å². The Bertz CT molecular complexity index is 1880. The summed E-state index contributed by atoms with van der Waals surface area (Å²) >= 11 is 0. The topological polar surface area (TPSA) is 122 Å². The molecule has 0 fully saturated rings. The summed E-state index contributed by atoms with van der Waals surface area (Å²) in [5.74, 6) is -0.553. The van der Waals surface area contributed by atoms with Crippen molar-refractivity contribution < 1.29 is 28.6 Å². The smallest absolute Gasteiger partial charge is 0.315 e. The maximum absolute atomic E-state index is 14.3. The third kappa shape index (κ3) is 12.1. The highest BCUT2D eigenvalue weighted by Gasteiger charge is 2.34. The van der Waals surface area contributed by atoms with Crippen molar-refractivity contribution in [3.8, 4) is 5.75 Å². The van der Waals surface area contributed by atoms with Crippen molar-refractivity contribution in [2.24, 2.45) is 0 Å². The first-order valence-corrected chi connectivity index (χ1v) is 19.1. The second kappa shape index (κ2) is 21.4. The number of benzene rings is 4. The van der Waals surface area contributed by atoms with Gasteiger partial charge in [-0.1, -0.05) is 130 Å². The van der Waals surface area contributed by atoms with Crippen molar-refractivity contribution in [3.05, 3.63) is 120 Å². The van der Waals surface area contributed by atoms with E-state index in [-0.39, 0.29) is 5.78 Å². The number of ether oxygens (including phenoxy) is 3. The summed E-state index contributed by atoms with van der Waals surface area (Å²) in [6, 6.07) is 32.7. The molecule has 0 aliphatic carbocycles. The number of rotatable bonds is 23. The van der Waals surface area contributed by atoms with Crippen LogP contribution >= 0.6 is 0 Å². The number of ketones is 1. The van der Waals surface area contributed by atoms with Crippen molar-refractivity contribution in [1.29, 1.82) is 0 Å². The van der Waals surface area contributed by atoms with Gasteiger partial charge >= 0.3 is 5.97 Å². The molecule has 1 heterocycles. The third-order valence-corrected chi connectivity index (χ3v) is 9.50. The zero-order chi connectivity index (χ0) is 38.0. The first-order chi connectivity index (χ1) is 26.4. The predicted octanol–water partition coefficient (Wildman–Crippen LogP) is 9.31. The Hall–Kier alpha value is -5.35. The summed E-state index contributed by atoms with van der Waals surface area (Å²) in [6.45, 7) is 2.61. The molecule has 4 aromatic carbocycles. The summed E-state index contributed by atoms with van der Waals surface area (Å²) in [7, 11) is 1.58. The van der Waals surface area contributed by atoms with Crippen molar-refractivity contribution in [2.45, 2.75) is 102 Å². The van der Waals surface area contributed by atoms with Crippen LogP contribution in [0.25, 0.3) is 11.0 Å². The number of carbonyl (C=O) groups excluding carboxylic acids is 3. The van der Waals surface area contributed by atoms with Crippen LogP contribution in [0, 0.1) is 0 Å². The summed E-state index contributed by atoms with van der Waals surface area (Å²) in [5.41, 5.74) is 3.42. The molecular weight excluding hydrogens is 681 g/mol. The lowest BCUT2D eigenvalue weighted by molar-refractivity contribution is -0.151. The minimum atomic E-state index is -0.856. The second-order valence-corrected chi connectivity index (χ2v) is 13.6. The number of hydrogen-bond acceptors (Lipinski definition) is 8. The van der Waals surface area contributed by atoms with Gasteiger partial charge in [-0.3, -0.25) is 14.4 Å². The van der Waals surface area contributed by atoms with Crippen LogP contribution in [0.3, 0.4) is 0 Å². The van der Waals surface area contributed by atoms with Gasteiger partial charge in [0.2, 0.25) is 5.91 Å². The van der Waals surface area contributed by atoms with E-state index in [1.165, 1.54) is 25.7 Å². The summed E-state index contributed by atoms with van der Waals surface area (Å²) in [6.07, 6.45) is 7.84. The zero-order valence-electron chi connectivity index (χ0n) is 31.4. The maximum atomic E-state index is 14.3. The number of methoxy groups -OCH3 is 1. The van der Waals surface area contributed by atoms with Crippen LogP contribution in [-0.2, 0) is 25.7 Å². The second-order valence-electron chi connectivity index (χ2n) is 13.6. The van der Waals surface area contributed by atoms with Crippen molar-refractivity contribution >= 4 is 34.4 Å². The molecule has 284 valence electrons. The number of fused-ring (bicyclic) bond motifs is 1. The number of nitrogens with zero attached hydrogens (tertiary/aromatic N) is 3. The summed E-state index contributed by atoms with van der Waals surface area (Å²) in [4.78, 5) is 40.1. The number of hydrogen-bond donors (Lipinski definition) is 1. The Labute approximate surface area is 318 Å². The molecular formula is C44H52N4O6. The van der Waals surface area contributed by atoms with Gasteiger partial charge in [-0.15, -0.1) is 5.10 Å². The van der Waals surface area contributed by atoms with Crippen LogP contribution < -0.4 is 10.1 Å². The van der Waals surface area contributed by atoms with E-state index in [2.05, 4.69) is 22.6 Å². The summed E-state index contributed by atoms with van der Waals surface area (Å²) in [5, 5.41) is 11.7. The normalized spacial score (nSPS) is 12.9. The van der Waals surface area contributed by atoms with E-state index in [0.29, 0.717) is 53.9 Å². The van der Waals surface area contributed by atoms with Crippen LogP contribution in [0.1, 0.15) is 99.5 Å². The molecule has 54 heavy (non-hydrogen) atoms. The molecule has 0 radical (unpaired) electrons. The average Bonchev–Trinajstić information content (AvgIpc) is 3.61. The lowest BCUT2D eigenvalue weighted by Crippen LogP contribution is -2.35. The summed E-state index contributed by atoms with van der Waals surface area (Å²) < 4.78 is 19.7. The number of nitrogens with one attached hydrogen (secondary N) is 1. The van der Waals surface area contributed by atoms with Gasteiger partial charge in [0.1, 0.15) is 36.4 Å². The largest absolute Gasteiger partial charge is 0.489 e. The Morgan fingerprint density at radius 3 is 2.13 bits per heavy atom. The van der Waals surface area contributed by atoms with Crippen LogP contribution in [0.5, 0.6) is 5.75 Å². The van der Waals surface area contributed by atoms with Gasteiger partial charge in [0.15, 0.2) is 5.78 Å². The number of aromatic nitrogens is 3. The minimum absolute atomic E-state index is 0.170. The standard InChI is InChI=1S/C44H52N4O6/c1-3-4-5-6-7-8-18-25-36(54-42(50)31-41(49)45-35-23-16-11-17-24-35)27-29-40(52-2)43(44(51)34-21-14-10-15-22-34)48-39-28-26-37(30-38(39)46-47-48)53-32-33-19-12-9-13-20-33/h9-17,19-24,26,28,30,36,40,43H,3-8,18,25,27,29,31-32H2,1-2H3,(H,45,49). The van der Waals surface area contributed by atoms with E-state index in [9.17, 15) is 14.4 Å². The van der Waals surface area contributed by atoms with Crippen LogP contribution in [0.15, 0.2) is 109 Å². The fourth-order valence-corrected chi connectivity index (χ4v) is 6.60. The van der Waals surface area contributed by atoms with E-state index in [0.717, 1.165) is 24.8 Å². The van der Waals surface area contributed by atoms with E-state index < -0.39 is 36.5 Å². The molecule has 0 saturated carbocycles. The Morgan fingerprint density at radius 1 is 0.759 bits per heavy atom. The zero-order valence-corrected chi connectivity index (χ0v) is 31.4. The van der Waals surface area contributed by atoms with Crippen LogP contribution in [0.2, 0.25) is 0 Å². The van der Waals surface area contributed by atoms with Crippen LogP contribution in [0.4, 0.5) is 5.69 Å². The molecule has 10 nitrogen and oxygen atoms in total. The molecule has 3 atom stereocenters. The number of anilines is 1. The first kappa shape index (κ1) is 39.8. The van der Waals surface area contributed by atoms with Gasteiger partial charge in [-0.05, 0) is 55.5 Å². The molecule has 1 aromatic heterocycles. The fraction of sp³-hybridized carbons (Fsp3) is 0.386. The number of unbranched alkanes of at least 4 members (excludes halogenated alkanes) is 6. The number of Topliss-reactive ketones (excluding diaryl/α,β-unsaturated/α-hetero) is 1. The van der Waals surface area contributed by atoms with Gasteiger partial charge in [0.25, 0.3) is 0 Å². The average molecular weight is 733 g/mol. The number of esters is 1. The molecule has 1 N–H and O–H groups in total. The quantitative estimate of drug-likeness (QED) is 0.0305. The molecule has 0 saturated heterocycles. The van der Waals surface area contributed by atoms with Gasteiger partial charge in [0.05, 0.1) is 11.6 Å². The van der Waals surface area contributed by atoms with Gasteiger partial charge in [-0.2, -0.15) is 0 Å². The lowest BCUT2D eigenvalue weighted by Gasteiger charge is -2.27. The molecule has 0 aliphatic rings. The van der Waals surface area contributed by atoms with E-state index in [1.807, 2.05) is 84.9 Å². The molecule has 10 heteroatoms. The van der Waals surface area contributed by atoms with Crippen molar-refractivity contribution in [2.75, 3.05) is 12.4 Å². The number of amides is 1. The minimum Gasteiger partial charge on any atom is -0.489 e. The Balaban J connectivity index is 1.31. The van der Waals surface area contributed by atoms with Crippen LogP contribution in [-0.4, -0.2) is 52.0 Å². The van der Waals surface area contributed by atoms with Gasteiger partial charge < -0.3 is 19.5 Å². The highest BCUT2D eigenvalue weighted by atomic mass is 16.5. The fourth-order valence-electron chi connectivity index (χ4n) is 6.60. The molecule has 5 rings (SSSR count). The third-order valence-electron chi connectivity index (χ3n) is 9.50. The SMILES string of the molecule is CCCCCCCCCC(CCC(OC)C(C(=O)c1ccccc1)n1nnc2cc(OCc3ccccc3)ccc21)OC(=O)CC(=O)Nc1ccccc1. The van der Waals surface area contributed by atoms with Crippen molar-refractivity contribution in [3.63, 3.8) is 0 Å². The molecule has 3 unspecified atom stereocenters.